The first kappa shape index (κ1) is 21.6. The minimum atomic E-state index is -2.84. The molecule has 0 fully saturated rings. The van der Waals surface area contributed by atoms with Crippen LogP contribution >= 0.6 is 11.6 Å². The van der Waals surface area contributed by atoms with Crippen LogP contribution in [0, 0.1) is 0 Å². The van der Waals surface area contributed by atoms with Gasteiger partial charge >= 0.3 is 167 Å². The summed E-state index contributed by atoms with van der Waals surface area (Å²) in [5, 5.41) is 11.7. The van der Waals surface area contributed by atoms with E-state index in [0.717, 1.165) is 10.9 Å². The first-order valence-electron chi connectivity index (χ1n) is 10.0. The molecule has 1 aromatic carbocycles. The fraction of sp³-hybridized carbons (Fsp3) is 0.571. The zero-order chi connectivity index (χ0) is 19.2. The van der Waals surface area contributed by atoms with Crippen LogP contribution in [-0.2, 0) is 0 Å². The van der Waals surface area contributed by atoms with E-state index >= 15 is 0 Å². The summed E-state index contributed by atoms with van der Waals surface area (Å²) in [6.07, 6.45) is 6.33. The molecule has 144 valence electrons. The molecule has 0 saturated heterocycles. The van der Waals surface area contributed by atoms with Gasteiger partial charge in [-0.2, -0.15) is 0 Å². The summed E-state index contributed by atoms with van der Waals surface area (Å²) in [5.74, 6) is 0. The van der Waals surface area contributed by atoms with Crippen LogP contribution in [0.1, 0.15) is 59.3 Å². The SMILES string of the molecule is CCC[CH2][Sn]([CH2]CCC)([CH2]CCC)[c]1cc2cc(Cl)ccc2n1C(=O)O. The van der Waals surface area contributed by atoms with Crippen molar-refractivity contribution in [2.45, 2.75) is 72.6 Å². The first-order valence-corrected chi connectivity index (χ1v) is 17.9. The third-order valence-corrected chi connectivity index (χ3v) is 21.1. The van der Waals surface area contributed by atoms with Crippen LogP contribution in [0.4, 0.5) is 4.79 Å². The average molecular weight is 485 g/mol. The van der Waals surface area contributed by atoms with E-state index in [1.807, 2.05) is 12.1 Å². The molecule has 1 heterocycles. The maximum atomic E-state index is 12.2. The van der Waals surface area contributed by atoms with Crippen LogP contribution in [0.15, 0.2) is 24.3 Å². The molecule has 0 spiro atoms. The number of rotatable bonds is 10. The standard InChI is InChI=1S/C9H5ClNO2.3C4H9.Sn/c10-7-1-2-8-6(5-7)3-4-11(8)9(12)13;3*1-3-4-2;/h1-3,5H,(H,12,13);3*1,3-4H2,2H3;. The van der Waals surface area contributed by atoms with Crippen molar-refractivity contribution in [1.82, 2.24) is 4.57 Å². The number of unbranched alkanes of at least 4 members (excludes halogenated alkanes) is 3. The predicted octanol–water partition coefficient (Wildman–Crippen LogP) is 6.88. The summed E-state index contributed by atoms with van der Waals surface area (Å²) in [5.41, 5.74) is 0.794. The van der Waals surface area contributed by atoms with Crippen molar-refractivity contribution >= 4 is 50.7 Å². The second-order valence-corrected chi connectivity index (χ2v) is 20.9. The molecule has 0 amide bonds. The number of hydrogen-bond acceptors (Lipinski definition) is 1. The van der Waals surface area contributed by atoms with Gasteiger partial charge in [0.25, 0.3) is 0 Å². The Morgan fingerprint density at radius 3 is 2.00 bits per heavy atom. The van der Waals surface area contributed by atoms with Crippen LogP contribution in [0.3, 0.4) is 0 Å². The molecular formula is C21H32ClNO2Sn. The van der Waals surface area contributed by atoms with Crippen molar-refractivity contribution in [3.63, 3.8) is 0 Å². The fourth-order valence-electron chi connectivity index (χ4n) is 4.09. The Kier molecular flexibility index (Phi) is 8.34. The van der Waals surface area contributed by atoms with Crippen molar-refractivity contribution in [2.24, 2.45) is 0 Å². The summed E-state index contributed by atoms with van der Waals surface area (Å²) < 4.78 is 6.54. The number of hydrogen-bond donors (Lipinski definition) is 1. The van der Waals surface area contributed by atoms with Crippen molar-refractivity contribution in [3.8, 4) is 0 Å². The number of carbonyl (C=O) groups is 1. The van der Waals surface area contributed by atoms with Gasteiger partial charge in [0.15, 0.2) is 0 Å². The maximum absolute atomic E-state index is 12.2. The molecule has 3 nitrogen and oxygen atoms in total. The van der Waals surface area contributed by atoms with Crippen molar-refractivity contribution in [2.75, 3.05) is 0 Å². The molecule has 1 N–H and O–H groups in total. The normalized spacial score (nSPS) is 12.0. The van der Waals surface area contributed by atoms with Crippen molar-refractivity contribution < 1.29 is 9.90 Å². The number of fused-ring (bicyclic) bond motifs is 1. The number of nitrogens with zero attached hydrogens (tertiary/aromatic N) is 1. The van der Waals surface area contributed by atoms with Crippen LogP contribution in [0.5, 0.6) is 0 Å². The molecule has 0 aliphatic rings. The van der Waals surface area contributed by atoms with Crippen LogP contribution < -0.4 is 3.71 Å². The topological polar surface area (TPSA) is 42.2 Å². The van der Waals surface area contributed by atoms with Crippen LogP contribution in [0.2, 0.25) is 18.3 Å². The van der Waals surface area contributed by atoms with Crippen molar-refractivity contribution in [3.05, 3.63) is 29.3 Å². The van der Waals surface area contributed by atoms with Gasteiger partial charge in [-0.25, -0.2) is 0 Å². The molecular weight excluding hydrogens is 452 g/mol. The Labute approximate surface area is 166 Å². The van der Waals surface area contributed by atoms with Gasteiger partial charge in [-0.1, -0.05) is 0 Å². The summed E-state index contributed by atoms with van der Waals surface area (Å²) in [4.78, 5) is 12.2. The van der Waals surface area contributed by atoms with Gasteiger partial charge in [0.1, 0.15) is 0 Å². The molecule has 5 heteroatoms. The Morgan fingerprint density at radius 2 is 1.54 bits per heavy atom. The molecule has 0 saturated carbocycles. The van der Waals surface area contributed by atoms with Gasteiger partial charge in [-0.3, -0.25) is 0 Å². The number of aromatic nitrogens is 1. The third-order valence-electron chi connectivity index (χ3n) is 5.52. The van der Waals surface area contributed by atoms with E-state index in [0.29, 0.717) is 5.02 Å². The Balaban J connectivity index is 2.67. The molecule has 2 aromatic rings. The molecule has 0 atom stereocenters. The van der Waals surface area contributed by atoms with Crippen LogP contribution in [-0.4, -0.2) is 34.1 Å². The molecule has 0 aliphatic carbocycles. The van der Waals surface area contributed by atoms with Gasteiger partial charge in [-0.05, 0) is 0 Å². The fourth-order valence-corrected chi connectivity index (χ4v) is 20.7. The number of halogens is 1. The second kappa shape index (κ2) is 10.0. The summed E-state index contributed by atoms with van der Waals surface area (Å²) in [6, 6.07) is 7.75. The van der Waals surface area contributed by atoms with E-state index in [-0.39, 0.29) is 0 Å². The number of benzene rings is 1. The quantitative estimate of drug-likeness (QED) is 0.374. The molecule has 2 rings (SSSR count). The van der Waals surface area contributed by atoms with E-state index in [2.05, 4.69) is 26.8 Å². The molecule has 0 bridgehead atoms. The third kappa shape index (κ3) is 4.78. The summed E-state index contributed by atoms with van der Waals surface area (Å²) in [6.45, 7) is 6.72. The zero-order valence-corrected chi connectivity index (χ0v) is 20.0. The van der Waals surface area contributed by atoms with Gasteiger partial charge in [-0.15, -0.1) is 0 Å². The van der Waals surface area contributed by atoms with E-state index in [1.54, 1.807) is 10.6 Å². The second-order valence-electron chi connectivity index (χ2n) is 7.44. The molecule has 0 radical (unpaired) electrons. The summed E-state index contributed by atoms with van der Waals surface area (Å²) in [7, 11) is 0. The van der Waals surface area contributed by atoms with Crippen molar-refractivity contribution in [1.29, 1.82) is 0 Å². The van der Waals surface area contributed by atoms with E-state index in [1.165, 1.54) is 55.5 Å². The Bertz CT molecular complexity index is 719. The number of carboxylic acid groups (broad SMARTS) is 1. The monoisotopic (exact) mass is 485 g/mol. The predicted molar refractivity (Wildman–Crippen MR) is 115 cm³/mol. The summed E-state index contributed by atoms with van der Waals surface area (Å²) >= 11 is 3.35. The molecule has 1 aromatic heterocycles. The molecule has 26 heavy (non-hydrogen) atoms. The van der Waals surface area contributed by atoms with E-state index in [9.17, 15) is 9.90 Å². The molecule has 0 unspecified atom stereocenters. The van der Waals surface area contributed by atoms with Gasteiger partial charge in [0, 0.05) is 0 Å². The van der Waals surface area contributed by atoms with Gasteiger partial charge in [0.05, 0.1) is 0 Å². The average Bonchev–Trinajstić information content (AvgIpc) is 3.00. The van der Waals surface area contributed by atoms with E-state index < -0.39 is 24.5 Å². The van der Waals surface area contributed by atoms with Gasteiger partial charge < -0.3 is 0 Å². The van der Waals surface area contributed by atoms with Gasteiger partial charge in [0.2, 0.25) is 0 Å². The minimum absolute atomic E-state index is 0.670. The molecule has 0 aliphatic heterocycles. The Morgan fingerprint density at radius 1 is 1.00 bits per heavy atom. The first-order chi connectivity index (χ1) is 12.5. The zero-order valence-electron chi connectivity index (χ0n) is 16.4. The van der Waals surface area contributed by atoms with E-state index in [4.69, 9.17) is 11.6 Å². The Hall–Kier alpha value is -0.681. The van der Waals surface area contributed by atoms with Crippen LogP contribution in [0.25, 0.3) is 10.9 Å².